The summed E-state index contributed by atoms with van der Waals surface area (Å²) in [5, 5.41) is 0. The van der Waals surface area contributed by atoms with Gasteiger partial charge < -0.3 is 9.80 Å². The Labute approximate surface area is 150 Å². The van der Waals surface area contributed by atoms with E-state index in [2.05, 4.69) is 25.8 Å². The maximum Gasteiger partial charge on any atom is 0.255 e. The summed E-state index contributed by atoms with van der Waals surface area (Å²) < 4.78 is 0.805. The molecule has 2 aliphatic heterocycles. The molecule has 2 amide bonds. The first-order valence-electron chi connectivity index (χ1n) is 8.53. The number of hydrogen-bond donors (Lipinski definition) is 0. The lowest BCUT2D eigenvalue weighted by Crippen LogP contribution is -2.52. The first-order chi connectivity index (χ1) is 11.6. The van der Waals surface area contributed by atoms with E-state index in [1.807, 2.05) is 9.80 Å². The van der Waals surface area contributed by atoms with Crippen molar-refractivity contribution in [1.82, 2.24) is 19.7 Å². The Morgan fingerprint density at radius 1 is 0.958 bits per heavy atom. The first kappa shape index (κ1) is 17.4. The first-order valence-corrected chi connectivity index (χ1v) is 9.33. The third kappa shape index (κ3) is 4.33. The zero-order valence-electron chi connectivity index (χ0n) is 13.8. The quantitative estimate of drug-likeness (QED) is 0.781. The van der Waals surface area contributed by atoms with E-state index < -0.39 is 0 Å². The second-order valence-corrected chi connectivity index (χ2v) is 7.32. The molecule has 2 aliphatic rings. The Hall–Kier alpha value is -1.47. The number of carbonyl (C=O) groups is 2. The molecule has 0 aliphatic carbocycles. The maximum atomic E-state index is 12.5. The Kier molecular flexibility index (Phi) is 5.84. The highest BCUT2D eigenvalue weighted by Gasteiger charge is 2.25. The molecule has 6 nitrogen and oxygen atoms in total. The number of carbonyl (C=O) groups excluding carboxylic acids is 2. The molecule has 3 heterocycles. The lowest BCUT2D eigenvalue weighted by Gasteiger charge is -2.36. The van der Waals surface area contributed by atoms with Crippen molar-refractivity contribution in [3.8, 4) is 0 Å². The zero-order valence-corrected chi connectivity index (χ0v) is 15.4. The van der Waals surface area contributed by atoms with Crippen LogP contribution in [0.15, 0.2) is 22.9 Å². The lowest BCUT2D eigenvalue weighted by atomic mass is 10.1. The van der Waals surface area contributed by atoms with Gasteiger partial charge in [-0.15, -0.1) is 0 Å². The number of aromatic nitrogens is 1. The van der Waals surface area contributed by atoms with Gasteiger partial charge in [0.05, 0.1) is 12.1 Å². The van der Waals surface area contributed by atoms with E-state index >= 15 is 0 Å². The lowest BCUT2D eigenvalue weighted by molar-refractivity contribution is -0.133. The van der Waals surface area contributed by atoms with Gasteiger partial charge in [0.15, 0.2) is 0 Å². The SMILES string of the molecule is O=C(CN1CCN(C(=O)c2cncc(Br)c2)CC1)N1CCCCC1. The number of halogens is 1. The number of likely N-dealkylation sites (tertiary alicyclic amines) is 1. The van der Waals surface area contributed by atoms with Crippen molar-refractivity contribution < 1.29 is 9.59 Å². The molecule has 0 spiro atoms. The smallest absolute Gasteiger partial charge is 0.255 e. The zero-order chi connectivity index (χ0) is 16.9. The Morgan fingerprint density at radius 3 is 2.33 bits per heavy atom. The van der Waals surface area contributed by atoms with E-state index in [4.69, 9.17) is 0 Å². The molecular weight excluding hydrogens is 372 g/mol. The Bertz CT molecular complexity index is 596. The molecule has 0 unspecified atom stereocenters. The standard InChI is InChI=1S/C17H23BrN4O2/c18-15-10-14(11-19-12-15)17(24)22-8-6-20(7-9-22)13-16(23)21-4-2-1-3-5-21/h10-12H,1-9,13H2. The molecule has 0 bridgehead atoms. The van der Waals surface area contributed by atoms with Crippen LogP contribution >= 0.6 is 15.9 Å². The van der Waals surface area contributed by atoms with Crippen LogP contribution in [0.4, 0.5) is 0 Å². The Balaban J connectivity index is 1.48. The van der Waals surface area contributed by atoms with Crippen molar-refractivity contribution in [1.29, 1.82) is 0 Å². The van der Waals surface area contributed by atoms with E-state index in [-0.39, 0.29) is 11.8 Å². The van der Waals surface area contributed by atoms with Crippen LogP contribution in [0.1, 0.15) is 29.6 Å². The Morgan fingerprint density at radius 2 is 1.67 bits per heavy atom. The summed E-state index contributed by atoms with van der Waals surface area (Å²) in [6, 6.07) is 1.79. The third-order valence-electron chi connectivity index (χ3n) is 4.68. The fourth-order valence-electron chi connectivity index (χ4n) is 3.26. The second-order valence-electron chi connectivity index (χ2n) is 6.40. The third-order valence-corrected chi connectivity index (χ3v) is 5.11. The number of piperidine rings is 1. The highest BCUT2D eigenvalue weighted by atomic mass is 79.9. The molecule has 2 saturated heterocycles. The van der Waals surface area contributed by atoms with Crippen molar-refractivity contribution in [2.45, 2.75) is 19.3 Å². The fraction of sp³-hybridized carbons (Fsp3) is 0.588. The van der Waals surface area contributed by atoms with Crippen molar-refractivity contribution >= 4 is 27.7 Å². The normalized spacial score (nSPS) is 19.4. The van der Waals surface area contributed by atoms with Gasteiger partial charge in [0, 0.05) is 56.1 Å². The van der Waals surface area contributed by atoms with Gasteiger partial charge in [0.1, 0.15) is 0 Å². The minimum Gasteiger partial charge on any atom is -0.342 e. The van der Waals surface area contributed by atoms with Crippen molar-refractivity contribution in [2.24, 2.45) is 0 Å². The minimum atomic E-state index is 0.00538. The van der Waals surface area contributed by atoms with Gasteiger partial charge in [-0.1, -0.05) is 0 Å². The summed E-state index contributed by atoms with van der Waals surface area (Å²) in [5.74, 6) is 0.233. The maximum absolute atomic E-state index is 12.5. The largest absolute Gasteiger partial charge is 0.342 e. The molecule has 1 aromatic heterocycles. The molecule has 0 atom stereocenters. The summed E-state index contributed by atoms with van der Waals surface area (Å²) in [6.07, 6.45) is 6.73. The van der Waals surface area contributed by atoms with Crippen LogP contribution < -0.4 is 0 Å². The molecule has 130 valence electrons. The number of amides is 2. The molecule has 0 saturated carbocycles. The van der Waals surface area contributed by atoms with E-state index in [9.17, 15) is 9.59 Å². The monoisotopic (exact) mass is 394 g/mol. The van der Waals surface area contributed by atoms with Gasteiger partial charge in [-0.25, -0.2) is 0 Å². The van der Waals surface area contributed by atoms with E-state index in [1.165, 1.54) is 6.42 Å². The van der Waals surface area contributed by atoms with Gasteiger partial charge >= 0.3 is 0 Å². The highest BCUT2D eigenvalue weighted by molar-refractivity contribution is 9.10. The van der Waals surface area contributed by atoms with E-state index in [1.54, 1.807) is 18.5 Å². The summed E-state index contributed by atoms with van der Waals surface area (Å²) in [5.41, 5.74) is 0.599. The molecule has 0 radical (unpaired) electrons. The van der Waals surface area contributed by atoms with Gasteiger partial charge in [-0.2, -0.15) is 0 Å². The predicted molar refractivity (Wildman–Crippen MR) is 94.7 cm³/mol. The molecule has 0 N–H and O–H groups in total. The minimum absolute atomic E-state index is 0.00538. The number of rotatable bonds is 3. The molecular formula is C17H23BrN4O2. The molecule has 0 aromatic carbocycles. The van der Waals surface area contributed by atoms with Crippen LogP contribution in [-0.2, 0) is 4.79 Å². The summed E-state index contributed by atoms with van der Waals surface area (Å²) in [6.45, 7) is 5.05. The number of pyridine rings is 1. The van der Waals surface area contributed by atoms with Crippen molar-refractivity contribution in [3.05, 3.63) is 28.5 Å². The molecule has 3 rings (SSSR count). The number of nitrogens with zero attached hydrogens (tertiary/aromatic N) is 4. The number of piperazine rings is 1. The second kappa shape index (κ2) is 8.07. The summed E-state index contributed by atoms with van der Waals surface area (Å²) in [4.78, 5) is 34.9. The van der Waals surface area contributed by atoms with Crippen LogP contribution in [0.25, 0.3) is 0 Å². The van der Waals surface area contributed by atoms with Gasteiger partial charge in [0.2, 0.25) is 5.91 Å². The van der Waals surface area contributed by atoms with Crippen LogP contribution in [0.5, 0.6) is 0 Å². The van der Waals surface area contributed by atoms with Crippen LogP contribution in [0, 0.1) is 0 Å². The van der Waals surface area contributed by atoms with E-state index in [0.717, 1.165) is 43.5 Å². The number of hydrogen-bond acceptors (Lipinski definition) is 4. The molecule has 7 heteroatoms. The van der Waals surface area contributed by atoms with Gasteiger partial charge in [-0.05, 0) is 41.3 Å². The van der Waals surface area contributed by atoms with Crippen LogP contribution in [0.2, 0.25) is 0 Å². The average molecular weight is 395 g/mol. The van der Waals surface area contributed by atoms with Crippen molar-refractivity contribution in [2.75, 3.05) is 45.8 Å². The summed E-state index contributed by atoms with van der Waals surface area (Å²) in [7, 11) is 0. The summed E-state index contributed by atoms with van der Waals surface area (Å²) >= 11 is 3.35. The highest BCUT2D eigenvalue weighted by Crippen LogP contribution is 2.14. The fourth-order valence-corrected chi connectivity index (χ4v) is 3.62. The van der Waals surface area contributed by atoms with Crippen LogP contribution in [-0.4, -0.2) is 77.3 Å². The van der Waals surface area contributed by atoms with Gasteiger partial charge in [0.25, 0.3) is 5.91 Å². The van der Waals surface area contributed by atoms with Crippen LogP contribution in [0.3, 0.4) is 0 Å². The predicted octanol–water partition coefficient (Wildman–Crippen LogP) is 1.61. The van der Waals surface area contributed by atoms with Crippen molar-refractivity contribution in [3.63, 3.8) is 0 Å². The average Bonchev–Trinajstić information content (AvgIpc) is 2.62. The molecule has 2 fully saturated rings. The molecule has 1 aromatic rings. The topological polar surface area (TPSA) is 56.8 Å². The van der Waals surface area contributed by atoms with E-state index in [0.29, 0.717) is 25.2 Å². The molecule has 24 heavy (non-hydrogen) atoms. The van der Waals surface area contributed by atoms with Gasteiger partial charge in [-0.3, -0.25) is 19.5 Å².